The van der Waals surface area contributed by atoms with E-state index in [1.807, 2.05) is 37.9 Å². The van der Waals surface area contributed by atoms with Crippen molar-refractivity contribution >= 4 is 5.69 Å². The van der Waals surface area contributed by atoms with Gasteiger partial charge in [0.05, 0.1) is 6.54 Å². The normalized spacial score (nSPS) is 12.5. The Balaban J connectivity index is 2.25. The molecule has 0 unspecified atom stereocenters. The van der Waals surface area contributed by atoms with Gasteiger partial charge in [-0.15, -0.1) is 0 Å². The zero-order valence-corrected chi connectivity index (χ0v) is 11.5. The number of aryl methyl sites for hydroxylation is 1. The first kappa shape index (κ1) is 13.6. The second kappa shape index (κ2) is 5.45. The summed E-state index contributed by atoms with van der Waals surface area (Å²) in [5.74, 6) is 1.49. The van der Waals surface area contributed by atoms with Gasteiger partial charge in [-0.3, -0.25) is 0 Å². The first-order valence-corrected chi connectivity index (χ1v) is 6.29. The number of hydrogen-bond donors (Lipinski definition) is 1. The molecule has 0 spiro atoms. The number of anilines is 1. The molecule has 3 nitrogen and oxygen atoms in total. The maximum atomic E-state index is 13.3. The van der Waals surface area contributed by atoms with E-state index in [-0.39, 0.29) is 11.9 Å². The van der Waals surface area contributed by atoms with Crippen LogP contribution >= 0.6 is 0 Å². The van der Waals surface area contributed by atoms with Crippen LogP contribution in [-0.4, -0.2) is 7.05 Å². The van der Waals surface area contributed by atoms with Crippen LogP contribution in [0.3, 0.4) is 0 Å². The van der Waals surface area contributed by atoms with E-state index in [0.717, 1.165) is 22.8 Å². The summed E-state index contributed by atoms with van der Waals surface area (Å²) < 4.78 is 18.9. The molecule has 0 aliphatic carbocycles. The quantitative estimate of drug-likeness (QED) is 0.918. The standard InChI is InChI=1S/C15H19FN2O/c1-10-4-6-13(19-10)9-18(3)15-7-5-12(16)8-14(15)11(2)17/h4-8,11H,9,17H2,1-3H3/t11-/m1/s1. The van der Waals surface area contributed by atoms with Gasteiger partial charge >= 0.3 is 0 Å². The second-order valence-corrected chi connectivity index (χ2v) is 4.86. The topological polar surface area (TPSA) is 42.4 Å². The van der Waals surface area contributed by atoms with Crippen molar-refractivity contribution < 1.29 is 8.81 Å². The summed E-state index contributed by atoms with van der Waals surface area (Å²) >= 11 is 0. The zero-order valence-electron chi connectivity index (χ0n) is 11.5. The lowest BCUT2D eigenvalue weighted by Crippen LogP contribution is -2.20. The van der Waals surface area contributed by atoms with Crippen LogP contribution in [0.2, 0.25) is 0 Å². The van der Waals surface area contributed by atoms with Crippen LogP contribution < -0.4 is 10.6 Å². The minimum Gasteiger partial charge on any atom is -0.464 e. The molecule has 1 atom stereocenters. The van der Waals surface area contributed by atoms with Crippen LogP contribution in [0.25, 0.3) is 0 Å². The fourth-order valence-electron chi connectivity index (χ4n) is 2.13. The van der Waals surface area contributed by atoms with Gasteiger partial charge in [0.15, 0.2) is 0 Å². The Morgan fingerprint density at radius 3 is 2.63 bits per heavy atom. The maximum absolute atomic E-state index is 13.3. The summed E-state index contributed by atoms with van der Waals surface area (Å²) in [6, 6.07) is 8.35. The van der Waals surface area contributed by atoms with Gasteiger partial charge in [0, 0.05) is 18.8 Å². The third-order valence-electron chi connectivity index (χ3n) is 3.08. The number of nitrogens with zero attached hydrogens (tertiary/aromatic N) is 1. The van der Waals surface area contributed by atoms with Crippen molar-refractivity contribution in [2.75, 3.05) is 11.9 Å². The largest absolute Gasteiger partial charge is 0.464 e. The molecule has 0 saturated carbocycles. The highest BCUT2D eigenvalue weighted by molar-refractivity contribution is 5.54. The number of benzene rings is 1. The highest BCUT2D eigenvalue weighted by Crippen LogP contribution is 2.26. The highest BCUT2D eigenvalue weighted by atomic mass is 19.1. The van der Waals surface area contributed by atoms with E-state index in [1.54, 1.807) is 6.07 Å². The van der Waals surface area contributed by atoms with Crippen LogP contribution in [0, 0.1) is 12.7 Å². The molecule has 4 heteroatoms. The van der Waals surface area contributed by atoms with Gasteiger partial charge in [0.2, 0.25) is 0 Å². The van der Waals surface area contributed by atoms with Crippen molar-refractivity contribution in [2.24, 2.45) is 5.73 Å². The molecule has 1 aromatic carbocycles. The zero-order chi connectivity index (χ0) is 14.0. The first-order chi connectivity index (χ1) is 8.97. The number of furan rings is 1. The summed E-state index contributed by atoms with van der Waals surface area (Å²) in [7, 11) is 1.94. The van der Waals surface area contributed by atoms with E-state index >= 15 is 0 Å². The first-order valence-electron chi connectivity index (χ1n) is 6.29. The number of rotatable bonds is 4. The lowest BCUT2D eigenvalue weighted by atomic mass is 10.1. The Labute approximate surface area is 112 Å². The molecule has 0 bridgehead atoms. The molecular weight excluding hydrogens is 243 g/mol. The van der Waals surface area contributed by atoms with E-state index in [9.17, 15) is 4.39 Å². The molecule has 2 rings (SSSR count). The molecule has 0 radical (unpaired) electrons. The molecule has 0 saturated heterocycles. The summed E-state index contributed by atoms with van der Waals surface area (Å²) in [6.07, 6.45) is 0. The van der Waals surface area contributed by atoms with E-state index in [2.05, 4.69) is 0 Å². The van der Waals surface area contributed by atoms with Crippen LogP contribution in [0.15, 0.2) is 34.7 Å². The molecule has 19 heavy (non-hydrogen) atoms. The van der Waals surface area contributed by atoms with Crippen LogP contribution in [0.5, 0.6) is 0 Å². The lowest BCUT2D eigenvalue weighted by molar-refractivity contribution is 0.481. The van der Waals surface area contributed by atoms with Gasteiger partial charge in [-0.25, -0.2) is 4.39 Å². The molecule has 1 heterocycles. The van der Waals surface area contributed by atoms with E-state index in [0.29, 0.717) is 6.54 Å². The van der Waals surface area contributed by atoms with Gasteiger partial charge in [-0.2, -0.15) is 0 Å². The van der Waals surface area contributed by atoms with Crippen molar-refractivity contribution in [3.05, 3.63) is 53.2 Å². The number of halogens is 1. The minimum absolute atomic E-state index is 0.216. The Morgan fingerprint density at radius 2 is 2.05 bits per heavy atom. The van der Waals surface area contributed by atoms with Crippen molar-refractivity contribution in [1.82, 2.24) is 0 Å². The smallest absolute Gasteiger partial charge is 0.123 e. The lowest BCUT2D eigenvalue weighted by Gasteiger charge is -2.23. The highest BCUT2D eigenvalue weighted by Gasteiger charge is 2.13. The molecule has 2 N–H and O–H groups in total. The predicted molar refractivity (Wildman–Crippen MR) is 74.6 cm³/mol. The third-order valence-corrected chi connectivity index (χ3v) is 3.08. The summed E-state index contributed by atoms with van der Waals surface area (Å²) in [4.78, 5) is 2.01. The minimum atomic E-state index is -0.265. The number of hydrogen-bond acceptors (Lipinski definition) is 3. The molecule has 1 aromatic heterocycles. The monoisotopic (exact) mass is 262 g/mol. The Bertz CT molecular complexity index is 563. The van der Waals surface area contributed by atoms with Gasteiger partial charge in [-0.1, -0.05) is 0 Å². The second-order valence-electron chi connectivity index (χ2n) is 4.86. The fraction of sp³-hybridized carbons (Fsp3) is 0.333. The molecule has 102 valence electrons. The van der Waals surface area contributed by atoms with Gasteiger partial charge in [0.25, 0.3) is 0 Å². The Kier molecular flexibility index (Phi) is 3.90. The summed E-state index contributed by atoms with van der Waals surface area (Å²) in [5.41, 5.74) is 7.62. The van der Waals surface area contributed by atoms with E-state index in [4.69, 9.17) is 10.2 Å². The fourth-order valence-corrected chi connectivity index (χ4v) is 2.13. The van der Waals surface area contributed by atoms with Crippen molar-refractivity contribution in [1.29, 1.82) is 0 Å². The average Bonchev–Trinajstić information content (AvgIpc) is 2.74. The van der Waals surface area contributed by atoms with Gasteiger partial charge < -0.3 is 15.1 Å². The van der Waals surface area contributed by atoms with Gasteiger partial charge in [-0.05, 0) is 49.7 Å². The summed E-state index contributed by atoms with van der Waals surface area (Å²) in [5, 5.41) is 0. The predicted octanol–water partition coefficient (Wildman–Crippen LogP) is 3.38. The summed E-state index contributed by atoms with van der Waals surface area (Å²) in [6.45, 7) is 4.39. The van der Waals surface area contributed by atoms with Crippen molar-refractivity contribution in [2.45, 2.75) is 26.4 Å². The van der Waals surface area contributed by atoms with E-state index in [1.165, 1.54) is 12.1 Å². The average molecular weight is 262 g/mol. The van der Waals surface area contributed by atoms with Crippen LogP contribution in [0.4, 0.5) is 10.1 Å². The molecule has 0 fully saturated rings. The molecule has 0 amide bonds. The number of nitrogens with two attached hydrogens (primary N) is 1. The molecule has 0 aliphatic rings. The molecule has 0 aliphatic heterocycles. The van der Waals surface area contributed by atoms with Crippen molar-refractivity contribution in [3.8, 4) is 0 Å². The van der Waals surface area contributed by atoms with E-state index < -0.39 is 0 Å². The molecular formula is C15H19FN2O. The van der Waals surface area contributed by atoms with Crippen LogP contribution in [0.1, 0.15) is 30.0 Å². The SMILES string of the molecule is Cc1ccc(CN(C)c2ccc(F)cc2[C@@H](C)N)o1. The Hall–Kier alpha value is -1.81. The molecule has 2 aromatic rings. The van der Waals surface area contributed by atoms with Crippen molar-refractivity contribution in [3.63, 3.8) is 0 Å². The van der Waals surface area contributed by atoms with Crippen LogP contribution in [-0.2, 0) is 6.54 Å². The van der Waals surface area contributed by atoms with Gasteiger partial charge in [0.1, 0.15) is 17.3 Å². The third kappa shape index (κ3) is 3.15. The Morgan fingerprint density at radius 1 is 1.32 bits per heavy atom. The maximum Gasteiger partial charge on any atom is 0.123 e.